The van der Waals surface area contributed by atoms with Gasteiger partial charge in [-0.3, -0.25) is 0 Å². The molecule has 0 atom stereocenters. The summed E-state index contributed by atoms with van der Waals surface area (Å²) in [6, 6.07) is 0. The molecule has 0 aromatic rings. The zero-order valence-electron chi connectivity index (χ0n) is 6.89. The third-order valence-electron chi connectivity index (χ3n) is 0.192. The molecule has 0 saturated heterocycles. The molecule has 0 amide bonds. The van der Waals surface area contributed by atoms with Gasteiger partial charge in [-0.2, -0.15) is 0 Å². The molecule has 0 saturated carbocycles. The van der Waals surface area contributed by atoms with Crippen LogP contribution in [0.2, 0.25) is 14.8 Å². The quantitative estimate of drug-likeness (QED) is 0.671. The van der Waals surface area contributed by atoms with E-state index < -0.39 is 19.8 Å². The summed E-state index contributed by atoms with van der Waals surface area (Å²) in [5.74, 6) is 0. The van der Waals surface area contributed by atoms with Gasteiger partial charge >= 0.3 is 42.3 Å². The third kappa shape index (κ3) is 52.2. The summed E-state index contributed by atoms with van der Waals surface area (Å²) < 4.78 is 8.69. The fourth-order valence-corrected chi connectivity index (χ4v) is 0.0962. The fraction of sp³-hybridized carbons (Fsp3) is 1.00. The summed E-state index contributed by atoms with van der Waals surface area (Å²) in [5.41, 5.74) is 0. The Morgan fingerprint density at radius 2 is 1.22 bits per heavy atom. The van der Waals surface area contributed by atoms with Crippen molar-refractivity contribution in [2.75, 3.05) is 14.2 Å². The third-order valence-corrected chi connectivity index (χ3v) is 0.192. The SMILES string of the molecule is CO[B]OC.[CH3][Sn]([CH3])[CH3]. The van der Waals surface area contributed by atoms with E-state index >= 15 is 0 Å². The van der Waals surface area contributed by atoms with Crippen molar-refractivity contribution in [2.45, 2.75) is 14.8 Å². The Labute approximate surface area is 66.0 Å². The van der Waals surface area contributed by atoms with E-state index in [1.807, 2.05) is 0 Å². The first-order valence-electron chi connectivity index (χ1n) is 2.79. The van der Waals surface area contributed by atoms with E-state index in [4.69, 9.17) is 0 Å². The second kappa shape index (κ2) is 11.6. The average molecular weight is 237 g/mol. The average Bonchev–Trinajstić information content (AvgIpc) is 1.66. The van der Waals surface area contributed by atoms with Crippen LogP contribution in [-0.4, -0.2) is 41.7 Å². The maximum atomic E-state index is 4.34. The molecule has 0 fully saturated rings. The molecule has 0 unspecified atom stereocenters. The van der Waals surface area contributed by atoms with Crippen molar-refractivity contribution < 1.29 is 9.31 Å². The first kappa shape index (κ1) is 12.5. The van der Waals surface area contributed by atoms with Gasteiger partial charge in [-0.25, -0.2) is 0 Å². The van der Waals surface area contributed by atoms with Gasteiger partial charge in [0.05, 0.1) is 0 Å². The second-order valence-corrected chi connectivity index (χ2v) is 10.6. The Kier molecular flexibility index (Phi) is 16.0. The summed E-state index contributed by atoms with van der Waals surface area (Å²) in [4.78, 5) is 7.09. The van der Waals surface area contributed by atoms with Gasteiger partial charge in [0.15, 0.2) is 0 Å². The molecule has 0 aromatic heterocycles. The zero-order chi connectivity index (χ0) is 7.70. The van der Waals surface area contributed by atoms with Crippen molar-refractivity contribution >= 4 is 27.4 Å². The molecule has 0 bridgehead atoms. The summed E-state index contributed by atoms with van der Waals surface area (Å²) in [7, 11) is 4.31. The number of rotatable bonds is 2. The Morgan fingerprint density at radius 3 is 1.22 bits per heavy atom. The van der Waals surface area contributed by atoms with Gasteiger partial charge in [-0.1, -0.05) is 0 Å². The molecule has 4 heteroatoms. The van der Waals surface area contributed by atoms with E-state index in [1.54, 1.807) is 0 Å². The van der Waals surface area contributed by atoms with Crippen LogP contribution >= 0.6 is 0 Å². The number of hydrogen-bond donors (Lipinski definition) is 0. The minimum atomic E-state index is -0.543. The molecular weight excluding hydrogens is 222 g/mol. The minimum absolute atomic E-state index is 0.543. The predicted molar refractivity (Wildman–Crippen MR) is 43.1 cm³/mol. The van der Waals surface area contributed by atoms with Crippen LogP contribution in [0.15, 0.2) is 0 Å². The maximum absolute atomic E-state index is 4.34. The Hall–Kier alpha value is 0.784. The molecular formula is C5H15BO2Sn. The monoisotopic (exact) mass is 238 g/mol. The second-order valence-electron chi connectivity index (χ2n) is 2.07. The van der Waals surface area contributed by atoms with Crippen molar-refractivity contribution in [1.82, 2.24) is 0 Å². The van der Waals surface area contributed by atoms with Crippen molar-refractivity contribution in [3.05, 3.63) is 0 Å². The van der Waals surface area contributed by atoms with E-state index in [-0.39, 0.29) is 0 Å². The summed E-state index contributed by atoms with van der Waals surface area (Å²) in [6.45, 7) is 0. The van der Waals surface area contributed by atoms with Crippen LogP contribution in [0, 0.1) is 0 Å². The molecule has 54 valence electrons. The van der Waals surface area contributed by atoms with Gasteiger partial charge in [-0.15, -0.1) is 0 Å². The Bertz CT molecular complexity index is 39.2. The van der Waals surface area contributed by atoms with Crippen LogP contribution in [0.25, 0.3) is 0 Å². The summed E-state index contributed by atoms with van der Waals surface area (Å²) in [6.07, 6.45) is 0. The topological polar surface area (TPSA) is 18.5 Å². The molecule has 2 nitrogen and oxygen atoms in total. The Balaban J connectivity index is 0. The van der Waals surface area contributed by atoms with Gasteiger partial charge in [0.2, 0.25) is 0 Å². The normalized spacial score (nSPS) is 8.22. The fourth-order valence-electron chi connectivity index (χ4n) is 0.0962. The van der Waals surface area contributed by atoms with Gasteiger partial charge in [0, 0.05) is 14.2 Å². The molecule has 2 radical (unpaired) electrons. The van der Waals surface area contributed by atoms with Crippen molar-refractivity contribution in [3.8, 4) is 0 Å². The van der Waals surface area contributed by atoms with Gasteiger partial charge in [0.1, 0.15) is 0 Å². The van der Waals surface area contributed by atoms with Gasteiger partial charge in [0.25, 0.3) is 0 Å². The van der Waals surface area contributed by atoms with Crippen molar-refractivity contribution in [3.63, 3.8) is 0 Å². The molecule has 0 rings (SSSR count). The molecule has 0 heterocycles. The van der Waals surface area contributed by atoms with Crippen LogP contribution in [0.1, 0.15) is 0 Å². The van der Waals surface area contributed by atoms with Crippen LogP contribution in [0.3, 0.4) is 0 Å². The zero-order valence-corrected chi connectivity index (χ0v) is 9.75. The first-order valence-corrected chi connectivity index (χ1v) is 11.4. The molecule has 0 aromatic carbocycles. The molecule has 0 N–H and O–H groups in total. The predicted octanol–water partition coefficient (Wildman–Crippen LogP) is 1.18. The van der Waals surface area contributed by atoms with Crippen molar-refractivity contribution in [1.29, 1.82) is 0 Å². The standard InChI is InChI=1S/C2H6BO2.3CH3.Sn/c1-4-3-5-2;;;;/h1-2H3;3*1H3;. The van der Waals surface area contributed by atoms with Crippen LogP contribution in [-0.2, 0) is 9.31 Å². The molecule has 0 aliphatic rings. The molecule has 0 spiro atoms. The number of hydrogen-bond acceptors (Lipinski definition) is 2. The van der Waals surface area contributed by atoms with Crippen molar-refractivity contribution in [2.24, 2.45) is 0 Å². The van der Waals surface area contributed by atoms with Gasteiger partial charge in [-0.05, 0) is 0 Å². The molecule has 9 heavy (non-hydrogen) atoms. The van der Waals surface area contributed by atoms with Crippen LogP contribution in [0.5, 0.6) is 0 Å². The van der Waals surface area contributed by atoms with E-state index in [1.165, 1.54) is 21.9 Å². The molecule has 0 aliphatic heterocycles. The van der Waals surface area contributed by atoms with E-state index in [0.717, 1.165) is 0 Å². The van der Waals surface area contributed by atoms with Crippen LogP contribution < -0.4 is 0 Å². The summed E-state index contributed by atoms with van der Waals surface area (Å²) >= 11 is -0.543. The van der Waals surface area contributed by atoms with E-state index in [2.05, 4.69) is 24.1 Å². The van der Waals surface area contributed by atoms with Crippen LogP contribution in [0.4, 0.5) is 0 Å². The Morgan fingerprint density at radius 1 is 1.00 bits per heavy atom. The van der Waals surface area contributed by atoms with Gasteiger partial charge < -0.3 is 9.31 Å². The molecule has 0 aliphatic carbocycles. The summed E-state index contributed by atoms with van der Waals surface area (Å²) in [5, 5.41) is 0. The van der Waals surface area contributed by atoms with E-state index in [0.29, 0.717) is 0 Å². The van der Waals surface area contributed by atoms with E-state index in [9.17, 15) is 0 Å². The first-order chi connectivity index (χ1) is 4.15.